The Morgan fingerprint density at radius 3 is 2.56 bits per heavy atom. The SMILES string of the molecule is COC(=O)C1CCCN1C(=O)NC1CCC1. The summed E-state index contributed by atoms with van der Waals surface area (Å²) >= 11 is 0. The number of carbonyl (C=O) groups excluding carboxylic acids is 2. The van der Waals surface area contributed by atoms with Crippen LogP contribution < -0.4 is 5.32 Å². The number of ether oxygens (including phenoxy) is 1. The number of nitrogens with zero attached hydrogens (tertiary/aromatic N) is 1. The fourth-order valence-corrected chi connectivity index (χ4v) is 2.20. The first kappa shape index (κ1) is 11.2. The number of likely N-dealkylation sites (tertiary alicyclic amines) is 1. The highest BCUT2D eigenvalue weighted by atomic mass is 16.5. The van der Waals surface area contributed by atoms with Gasteiger partial charge < -0.3 is 15.0 Å². The molecule has 2 rings (SSSR count). The van der Waals surface area contributed by atoms with E-state index in [1.54, 1.807) is 4.90 Å². The molecule has 1 unspecified atom stereocenters. The predicted octanol–water partition coefficient (Wildman–Crippen LogP) is 0.886. The van der Waals surface area contributed by atoms with Crippen molar-refractivity contribution in [2.75, 3.05) is 13.7 Å². The van der Waals surface area contributed by atoms with Crippen molar-refractivity contribution in [3.05, 3.63) is 0 Å². The van der Waals surface area contributed by atoms with Crippen LogP contribution in [0.5, 0.6) is 0 Å². The molecule has 0 radical (unpaired) electrons. The van der Waals surface area contributed by atoms with Gasteiger partial charge in [-0.2, -0.15) is 0 Å². The molecular weight excluding hydrogens is 208 g/mol. The van der Waals surface area contributed by atoms with E-state index in [1.807, 2.05) is 0 Å². The van der Waals surface area contributed by atoms with Crippen LogP contribution in [0.15, 0.2) is 0 Å². The fraction of sp³-hybridized carbons (Fsp3) is 0.818. The van der Waals surface area contributed by atoms with Crippen molar-refractivity contribution in [3.63, 3.8) is 0 Å². The second-order valence-electron chi connectivity index (χ2n) is 4.45. The lowest BCUT2D eigenvalue weighted by Crippen LogP contribution is -2.50. The van der Waals surface area contributed by atoms with Gasteiger partial charge in [0.1, 0.15) is 6.04 Å². The first-order valence-electron chi connectivity index (χ1n) is 5.87. The van der Waals surface area contributed by atoms with Crippen LogP contribution >= 0.6 is 0 Å². The van der Waals surface area contributed by atoms with Crippen LogP contribution in [0.1, 0.15) is 32.1 Å². The van der Waals surface area contributed by atoms with Gasteiger partial charge in [0.15, 0.2) is 0 Å². The molecule has 90 valence electrons. The van der Waals surface area contributed by atoms with Crippen molar-refractivity contribution in [3.8, 4) is 0 Å². The van der Waals surface area contributed by atoms with Crippen molar-refractivity contribution in [2.45, 2.75) is 44.2 Å². The van der Waals surface area contributed by atoms with Crippen LogP contribution in [0.2, 0.25) is 0 Å². The number of urea groups is 1. The van der Waals surface area contributed by atoms with Crippen molar-refractivity contribution in [1.82, 2.24) is 10.2 Å². The van der Waals surface area contributed by atoms with Crippen LogP contribution in [0.3, 0.4) is 0 Å². The Labute approximate surface area is 95.1 Å². The average Bonchev–Trinajstić information content (AvgIpc) is 2.70. The molecule has 1 aliphatic heterocycles. The lowest BCUT2D eigenvalue weighted by molar-refractivity contribution is -0.144. The first-order chi connectivity index (χ1) is 7.72. The van der Waals surface area contributed by atoms with E-state index in [-0.39, 0.29) is 18.0 Å². The van der Waals surface area contributed by atoms with E-state index in [0.29, 0.717) is 19.0 Å². The topological polar surface area (TPSA) is 58.6 Å². The molecule has 0 aromatic rings. The molecular formula is C11H18N2O3. The number of amides is 2. The van der Waals surface area contributed by atoms with Gasteiger partial charge in [-0.15, -0.1) is 0 Å². The number of rotatable bonds is 2. The Hall–Kier alpha value is -1.26. The third kappa shape index (κ3) is 2.13. The molecule has 2 amide bonds. The van der Waals surface area contributed by atoms with Crippen molar-refractivity contribution in [1.29, 1.82) is 0 Å². The summed E-state index contributed by atoms with van der Waals surface area (Å²) in [7, 11) is 1.36. The zero-order chi connectivity index (χ0) is 11.5. The van der Waals surface area contributed by atoms with E-state index in [2.05, 4.69) is 5.32 Å². The molecule has 0 aromatic heterocycles. The quantitative estimate of drug-likeness (QED) is 0.711. The molecule has 1 saturated carbocycles. The molecule has 5 heteroatoms. The highest BCUT2D eigenvalue weighted by Crippen LogP contribution is 2.21. The maximum Gasteiger partial charge on any atom is 0.328 e. The second-order valence-corrected chi connectivity index (χ2v) is 4.45. The predicted molar refractivity (Wildman–Crippen MR) is 57.9 cm³/mol. The second kappa shape index (κ2) is 4.72. The van der Waals surface area contributed by atoms with Gasteiger partial charge in [0.2, 0.25) is 0 Å². The molecule has 2 aliphatic rings. The molecule has 5 nitrogen and oxygen atoms in total. The van der Waals surface area contributed by atoms with Gasteiger partial charge in [-0.05, 0) is 32.1 Å². The maximum absolute atomic E-state index is 11.9. The number of esters is 1. The normalized spacial score (nSPS) is 25.1. The Kier molecular flexibility index (Phi) is 3.31. The summed E-state index contributed by atoms with van der Waals surface area (Å²) in [6, 6.07) is -0.186. The smallest absolute Gasteiger partial charge is 0.328 e. The molecule has 0 bridgehead atoms. The van der Waals surface area contributed by atoms with Gasteiger partial charge in [-0.25, -0.2) is 9.59 Å². The zero-order valence-electron chi connectivity index (χ0n) is 9.57. The highest BCUT2D eigenvalue weighted by molar-refractivity contribution is 5.84. The summed E-state index contributed by atoms with van der Waals surface area (Å²) in [6.07, 6.45) is 4.89. The van der Waals surface area contributed by atoms with Crippen LogP contribution in [0.4, 0.5) is 4.79 Å². The van der Waals surface area contributed by atoms with E-state index >= 15 is 0 Å². The van der Waals surface area contributed by atoms with Crippen LogP contribution in [-0.4, -0.2) is 42.6 Å². The summed E-state index contributed by atoms with van der Waals surface area (Å²) in [5, 5.41) is 2.95. The van der Waals surface area contributed by atoms with Gasteiger partial charge in [0, 0.05) is 12.6 Å². The number of hydrogen-bond acceptors (Lipinski definition) is 3. The van der Waals surface area contributed by atoms with E-state index in [4.69, 9.17) is 4.74 Å². The third-order valence-corrected chi connectivity index (χ3v) is 3.42. The monoisotopic (exact) mass is 226 g/mol. The van der Waals surface area contributed by atoms with E-state index in [1.165, 1.54) is 13.5 Å². The first-order valence-corrected chi connectivity index (χ1v) is 5.87. The molecule has 1 heterocycles. The minimum Gasteiger partial charge on any atom is -0.467 e. The van der Waals surface area contributed by atoms with Gasteiger partial charge in [-0.3, -0.25) is 0 Å². The Balaban J connectivity index is 1.90. The molecule has 0 aromatic carbocycles. The van der Waals surface area contributed by atoms with Gasteiger partial charge in [0.25, 0.3) is 0 Å². The van der Waals surface area contributed by atoms with E-state index in [9.17, 15) is 9.59 Å². The van der Waals surface area contributed by atoms with Crippen molar-refractivity contribution >= 4 is 12.0 Å². The van der Waals surface area contributed by atoms with E-state index < -0.39 is 0 Å². The lowest BCUT2D eigenvalue weighted by atomic mass is 9.93. The zero-order valence-corrected chi connectivity index (χ0v) is 9.57. The van der Waals surface area contributed by atoms with Crippen molar-refractivity contribution in [2.24, 2.45) is 0 Å². The Morgan fingerprint density at radius 2 is 2.00 bits per heavy atom. The molecule has 1 saturated heterocycles. The summed E-state index contributed by atoms with van der Waals surface area (Å²) in [5.41, 5.74) is 0. The minimum absolute atomic E-state index is 0.113. The van der Waals surface area contributed by atoms with Gasteiger partial charge >= 0.3 is 12.0 Å². The lowest BCUT2D eigenvalue weighted by Gasteiger charge is -2.30. The number of hydrogen-bond donors (Lipinski definition) is 1. The Morgan fingerprint density at radius 1 is 1.25 bits per heavy atom. The van der Waals surface area contributed by atoms with E-state index in [0.717, 1.165) is 19.3 Å². The largest absolute Gasteiger partial charge is 0.467 e. The fourth-order valence-electron chi connectivity index (χ4n) is 2.20. The maximum atomic E-state index is 11.9. The summed E-state index contributed by atoms with van der Waals surface area (Å²) in [5.74, 6) is -0.304. The summed E-state index contributed by atoms with van der Waals surface area (Å²) < 4.78 is 4.70. The Bertz CT molecular complexity index is 289. The number of nitrogens with one attached hydrogen (secondary N) is 1. The molecule has 16 heavy (non-hydrogen) atoms. The van der Waals surface area contributed by atoms with Crippen LogP contribution in [0, 0.1) is 0 Å². The minimum atomic E-state index is -0.384. The molecule has 1 aliphatic carbocycles. The standard InChI is InChI=1S/C11H18N2O3/c1-16-10(14)9-6-3-7-13(9)11(15)12-8-4-2-5-8/h8-9H,2-7H2,1H3,(H,12,15). The molecule has 0 spiro atoms. The summed E-state index contributed by atoms with van der Waals surface area (Å²) in [6.45, 7) is 0.651. The number of carbonyl (C=O) groups is 2. The van der Waals surface area contributed by atoms with Crippen LogP contribution in [-0.2, 0) is 9.53 Å². The molecule has 1 atom stereocenters. The summed E-state index contributed by atoms with van der Waals surface area (Å²) in [4.78, 5) is 24.9. The van der Waals surface area contributed by atoms with Crippen molar-refractivity contribution < 1.29 is 14.3 Å². The average molecular weight is 226 g/mol. The third-order valence-electron chi connectivity index (χ3n) is 3.42. The molecule has 1 N–H and O–H groups in total. The van der Waals surface area contributed by atoms with Crippen LogP contribution in [0.25, 0.3) is 0 Å². The highest BCUT2D eigenvalue weighted by Gasteiger charge is 2.35. The number of methoxy groups -OCH3 is 1. The van der Waals surface area contributed by atoms with Gasteiger partial charge in [0.05, 0.1) is 7.11 Å². The van der Waals surface area contributed by atoms with Gasteiger partial charge in [-0.1, -0.05) is 0 Å². The molecule has 2 fully saturated rings.